The van der Waals surface area contributed by atoms with Gasteiger partial charge in [-0.25, -0.2) is 4.79 Å². The van der Waals surface area contributed by atoms with E-state index in [1.807, 2.05) is 0 Å². The zero-order chi connectivity index (χ0) is 18.7. The van der Waals surface area contributed by atoms with Gasteiger partial charge in [0.25, 0.3) is 0 Å². The Balaban J connectivity index is 1.44. The zero-order valence-corrected chi connectivity index (χ0v) is 15.2. The third-order valence-corrected chi connectivity index (χ3v) is 4.74. The number of carbonyl (C=O) groups is 3. The molecule has 0 radical (unpaired) electrons. The fourth-order valence-corrected chi connectivity index (χ4v) is 3.27. The van der Waals surface area contributed by atoms with E-state index in [1.54, 1.807) is 31.3 Å². The fourth-order valence-electron chi connectivity index (χ4n) is 3.09. The highest BCUT2D eigenvalue weighted by Crippen LogP contribution is 2.21. The maximum absolute atomic E-state index is 12.3. The SMILES string of the molecule is CN(CCOc1cccc(Cl)c1)C(=O)N[C@@H]1C[C@H]2C(=O)NCC(=O)N2C1. The van der Waals surface area contributed by atoms with E-state index in [0.717, 1.165) is 0 Å². The second-order valence-electron chi connectivity index (χ2n) is 6.39. The molecule has 26 heavy (non-hydrogen) atoms. The van der Waals surface area contributed by atoms with E-state index in [-0.39, 0.29) is 30.4 Å². The number of hydrogen-bond donors (Lipinski definition) is 2. The van der Waals surface area contributed by atoms with Crippen molar-refractivity contribution in [3.05, 3.63) is 29.3 Å². The number of piperazine rings is 1. The number of rotatable bonds is 5. The highest BCUT2D eigenvalue weighted by atomic mass is 35.5. The first-order chi connectivity index (χ1) is 12.4. The Morgan fingerprint density at radius 3 is 3.00 bits per heavy atom. The second-order valence-corrected chi connectivity index (χ2v) is 6.83. The summed E-state index contributed by atoms with van der Waals surface area (Å²) in [6.07, 6.45) is 0.427. The number of fused-ring (bicyclic) bond motifs is 1. The van der Waals surface area contributed by atoms with Crippen LogP contribution in [0.3, 0.4) is 0 Å². The minimum Gasteiger partial charge on any atom is -0.492 e. The molecule has 1 aromatic rings. The predicted octanol–water partition coefficient (Wildman–Crippen LogP) is 0.460. The second kappa shape index (κ2) is 7.82. The van der Waals surface area contributed by atoms with Crippen LogP contribution in [0.4, 0.5) is 4.79 Å². The average Bonchev–Trinajstić information content (AvgIpc) is 3.03. The number of carbonyl (C=O) groups excluding carboxylic acids is 3. The van der Waals surface area contributed by atoms with E-state index in [9.17, 15) is 14.4 Å². The average molecular weight is 381 g/mol. The molecule has 3 rings (SSSR count). The molecule has 2 fully saturated rings. The molecule has 1 aromatic carbocycles. The maximum atomic E-state index is 12.3. The van der Waals surface area contributed by atoms with Gasteiger partial charge in [-0.2, -0.15) is 0 Å². The smallest absolute Gasteiger partial charge is 0.317 e. The molecule has 0 spiro atoms. The number of benzene rings is 1. The van der Waals surface area contributed by atoms with E-state index in [4.69, 9.17) is 16.3 Å². The van der Waals surface area contributed by atoms with Crippen molar-refractivity contribution < 1.29 is 19.1 Å². The van der Waals surface area contributed by atoms with Gasteiger partial charge in [0.1, 0.15) is 18.4 Å². The summed E-state index contributed by atoms with van der Waals surface area (Å²) in [5, 5.41) is 6.03. The van der Waals surface area contributed by atoms with Crippen molar-refractivity contribution in [3.63, 3.8) is 0 Å². The molecule has 8 nitrogen and oxygen atoms in total. The molecule has 2 aliphatic heterocycles. The van der Waals surface area contributed by atoms with Crippen molar-refractivity contribution in [2.24, 2.45) is 0 Å². The minimum absolute atomic E-state index is 0.0245. The third kappa shape index (κ3) is 4.19. The van der Waals surface area contributed by atoms with Crippen LogP contribution in [0.2, 0.25) is 5.02 Å². The Labute approximate surface area is 156 Å². The summed E-state index contributed by atoms with van der Waals surface area (Å²) in [7, 11) is 1.66. The summed E-state index contributed by atoms with van der Waals surface area (Å²) in [5.74, 6) is 0.364. The van der Waals surface area contributed by atoms with Crippen molar-refractivity contribution >= 4 is 29.4 Å². The molecule has 9 heteroatoms. The quantitative estimate of drug-likeness (QED) is 0.776. The van der Waals surface area contributed by atoms with Gasteiger partial charge in [0.15, 0.2) is 0 Å². The van der Waals surface area contributed by atoms with Crippen molar-refractivity contribution in [3.8, 4) is 5.75 Å². The summed E-state index contributed by atoms with van der Waals surface area (Å²) in [5.41, 5.74) is 0. The summed E-state index contributed by atoms with van der Waals surface area (Å²) in [4.78, 5) is 39.0. The van der Waals surface area contributed by atoms with Crippen molar-refractivity contribution in [2.45, 2.75) is 18.5 Å². The fraction of sp³-hybridized carbons (Fsp3) is 0.471. The number of nitrogens with one attached hydrogen (secondary N) is 2. The molecule has 0 aromatic heterocycles. The largest absolute Gasteiger partial charge is 0.492 e. The molecule has 0 saturated carbocycles. The minimum atomic E-state index is -0.488. The number of likely N-dealkylation sites (N-methyl/N-ethyl adjacent to an activating group) is 1. The first kappa shape index (κ1) is 18.3. The molecule has 0 bridgehead atoms. The molecule has 0 aliphatic carbocycles. The van der Waals surface area contributed by atoms with Gasteiger partial charge in [0.2, 0.25) is 11.8 Å². The monoisotopic (exact) mass is 380 g/mol. The highest BCUT2D eigenvalue weighted by Gasteiger charge is 2.42. The van der Waals surface area contributed by atoms with Crippen LogP contribution >= 0.6 is 11.6 Å². The van der Waals surface area contributed by atoms with E-state index >= 15 is 0 Å². The molecule has 2 aliphatic rings. The van der Waals surface area contributed by atoms with Gasteiger partial charge in [-0.15, -0.1) is 0 Å². The van der Waals surface area contributed by atoms with Crippen LogP contribution in [0.5, 0.6) is 5.75 Å². The van der Waals surface area contributed by atoms with Gasteiger partial charge in [0, 0.05) is 18.6 Å². The third-order valence-electron chi connectivity index (χ3n) is 4.50. The lowest BCUT2D eigenvalue weighted by atomic mass is 10.1. The zero-order valence-electron chi connectivity index (χ0n) is 14.4. The summed E-state index contributed by atoms with van der Waals surface area (Å²) in [6.45, 7) is 1.09. The van der Waals surface area contributed by atoms with Crippen LogP contribution in [-0.2, 0) is 9.59 Å². The molecular formula is C17H21ClN4O4. The van der Waals surface area contributed by atoms with Crippen LogP contribution < -0.4 is 15.4 Å². The maximum Gasteiger partial charge on any atom is 0.317 e. The van der Waals surface area contributed by atoms with Gasteiger partial charge in [-0.05, 0) is 24.6 Å². The van der Waals surface area contributed by atoms with Crippen LogP contribution in [0.1, 0.15) is 6.42 Å². The standard InChI is InChI=1S/C17H21ClN4O4/c1-21(5-6-26-13-4-2-3-11(18)7-13)17(25)20-12-8-14-16(24)19-9-15(23)22(14)10-12/h2-4,7,12,14H,5-6,8-10H2,1H3,(H,19,24)(H,20,25)/t12-,14+/m1/s1. The Kier molecular flexibility index (Phi) is 5.51. The molecule has 2 saturated heterocycles. The first-order valence-corrected chi connectivity index (χ1v) is 8.79. The lowest BCUT2D eigenvalue weighted by molar-refractivity contribution is -0.143. The topological polar surface area (TPSA) is 91.0 Å². The highest BCUT2D eigenvalue weighted by molar-refractivity contribution is 6.30. The van der Waals surface area contributed by atoms with Crippen molar-refractivity contribution in [2.75, 3.05) is 33.3 Å². The number of nitrogens with zero attached hydrogens (tertiary/aromatic N) is 2. The number of ether oxygens (including phenoxy) is 1. The molecule has 4 amide bonds. The summed E-state index contributed by atoms with van der Waals surface area (Å²) in [6, 6.07) is 6.06. The number of urea groups is 1. The summed E-state index contributed by atoms with van der Waals surface area (Å²) < 4.78 is 5.57. The van der Waals surface area contributed by atoms with Crippen molar-refractivity contribution in [1.29, 1.82) is 0 Å². The Hall–Kier alpha value is -2.48. The van der Waals surface area contributed by atoms with E-state index < -0.39 is 6.04 Å². The van der Waals surface area contributed by atoms with Crippen LogP contribution in [0.15, 0.2) is 24.3 Å². The Morgan fingerprint density at radius 2 is 2.27 bits per heavy atom. The lowest BCUT2D eigenvalue weighted by Gasteiger charge is -2.28. The van der Waals surface area contributed by atoms with Gasteiger partial charge in [-0.3, -0.25) is 9.59 Å². The van der Waals surface area contributed by atoms with Crippen LogP contribution in [0, 0.1) is 0 Å². The number of hydrogen-bond acceptors (Lipinski definition) is 4. The van der Waals surface area contributed by atoms with E-state index in [1.165, 1.54) is 9.80 Å². The molecular weight excluding hydrogens is 360 g/mol. The number of amides is 4. The van der Waals surface area contributed by atoms with Crippen molar-refractivity contribution in [1.82, 2.24) is 20.4 Å². The van der Waals surface area contributed by atoms with Crippen LogP contribution in [0.25, 0.3) is 0 Å². The molecule has 2 atom stereocenters. The van der Waals surface area contributed by atoms with Crippen LogP contribution in [-0.4, -0.2) is 73.0 Å². The number of halogens is 1. The van der Waals surface area contributed by atoms with Gasteiger partial charge in [0.05, 0.1) is 19.1 Å². The Bertz CT molecular complexity index is 690. The van der Waals surface area contributed by atoms with Gasteiger partial charge < -0.3 is 25.2 Å². The molecule has 140 valence electrons. The van der Waals surface area contributed by atoms with Gasteiger partial charge >= 0.3 is 6.03 Å². The summed E-state index contributed by atoms with van der Waals surface area (Å²) >= 11 is 5.89. The van der Waals surface area contributed by atoms with Gasteiger partial charge in [-0.1, -0.05) is 17.7 Å². The lowest BCUT2D eigenvalue weighted by Crippen LogP contribution is -2.55. The molecule has 2 N–H and O–H groups in total. The molecule has 0 unspecified atom stereocenters. The van der Waals surface area contributed by atoms with E-state index in [0.29, 0.717) is 36.9 Å². The van der Waals surface area contributed by atoms with E-state index in [2.05, 4.69) is 10.6 Å². The molecule has 2 heterocycles. The predicted molar refractivity (Wildman–Crippen MR) is 95.0 cm³/mol. The first-order valence-electron chi connectivity index (χ1n) is 8.41. The Morgan fingerprint density at radius 1 is 1.46 bits per heavy atom. The normalized spacial score (nSPS) is 21.8.